The van der Waals surface area contributed by atoms with Gasteiger partial charge < -0.3 is 25.2 Å². The van der Waals surface area contributed by atoms with E-state index in [9.17, 15) is 33.0 Å². The number of aliphatic hydroxyl groups is 2. The van der Waals surface area contributed by atoms with E-state index in [4.69, 9.17) is 4.74 Å². The predicted molar refractivity (Wildman–Crippen MR) is 180 cm³/mol. The lowest BCUT2D eigenvalue weighted by Crippen LogP contribution is -2.56. The van der Waals surface area contributed by atoms with E-state index in [0.29, 0.717) is 75.6 Å². The number of ketones is 1. The van der Waals surface area contributed by atoms with Crippen LogP contribution in [-0.4, -0.2) is 71.5 Å². The van der Waals surface area contributed by atoms with Gasteiger partial charge in [0.1, 0.15) is 0 Å². The summed E-state index contributed by atoms with van der Waals surface area (Å²) >= 11 is 0. The van der Waals surface area contributed by atoms with Crippen molar-refractivity contribution in [3.63, 3.8) is 0 Å². The average Bonchev–Trinajstić information content (AvgIpc) is 3.27. The number of halogens is 3. The van der Waals surface area contributed by atoms with E-state index in [1.54, 1.807) is 18.1 Å². The van der Waals surface area contributed by atoms with E-state index in [1.807, 2.05) is 39.8 Å². The lowest BCUT2D eigenvalue weighted by molar-refractivity contribution is -0.137. The number of alkyl halides is 3. The van der Waals surface area contributed by atoms with Crippen LogP contribution in [0, 0.1) is 5.41 Å². The molecular weight excluding hydrogens is 621 g/mol. The number of nitrogens with zero attached hydrogens (tertiary/aromatic N) is 1. The number of urea groups is 1. The molecule has 3 aliphatic rings. The van der Waals surface area contributed by atoms with Crippen molar-refractivity contribution < 1.29 is 37.7 Å². The zero-order valence-corrected chi connectivity index (χ0v) is 28.8. The fourth-order valence-electron chi connectivity index (χ4n) is 7.50. The number of fused-ring (bicyclic) bond motifs is 8. The summed E-state index contributed by atoms with van der Waals surface area (Å²) in [4.78, 5) is 29.2. The molecule has 264 valence electrons. The number of hydrogen-bond acceptors (Lipinski definition) is 5. The fourth-order valence-corrected chi connectivity index (χ4v) is 7.50. The van der Waals surface area contributed by atoms with Crippen LogP contribution in [0.4, 0.5) is 18.0 Å². The van der Waals surface area contributed by atoms with Crippen molar-refractivity contribution in [1.82, 2.24) is 10.2 Å². The zero-order chi connectivity index (χ0) is 35.3. The standard InChI is InChI=1S/C38H51F3N2O5/c1-25(2)42-35(46)43(19-8-20-48-5)24-37(47)18-16-33-31-15-13-27(21-30(44)14-12-26(3)9-7-17-36(33,37)4)22-32(31)34(45)28-10-6-11-29(23-28)38(39,40)41/h6,9-11,13,15,22-23,25,30,33,44,47H,7-8,12,14,16-21,24H2,1-5H3,(H,42,46)/t30-,33-,36-,37+/m0/s1. The van der Waals surface area contributed by atoms with Gasteiger partial charge in [0.25, 0.3) is 0 Å². The van der Waals surface area contributed by atoms with Crippen LogP contribution in [0.5, 0.6) is 0 Å². The summed E-state index contributed by atoms with van der Waals surface area (Å²) in [5.74, 6) is -0.873. The Bertz CT molecular complexity index is 1470. The van der Waals surface area contributed by atoms with Gasteiger partial charge >= 0.3 is 12.2 Å². The number of allylic oxidation sites excluding steroid dienone is 2. The number of benzene rings is 2. The van der Waals surface area contributed by atoms with Gasteiger partial charge in [-0.25, -0.2) is 4.79 Å². The smallest absolute Gasteiger partial charge is 0.393 e. The summed E-state index contributed by atoms with van der Waals surface area (Å²) in [6.45, 7) is 8.72. The highest BCUT2D eigenvalue weighted by Crippen LogP contribution is 2.59. The third-order valence-corrected chi connectivity index (χ3v) is 10.3. The van der Waals surface area contributed by atoms with Crippen LogP contribution in [-0.2, 0) is 17.3 Å². The van der Waals surface area contributed by atoms with Crippen LogP contribution >= 0.6 is 0 Å². The minimum Gasteiger partial charge on any atom is -0.393 e. The Morgan fingerprint density at radius 1 is 1.12 bits per heavy atom. The van der Waals surface area contributed by atoms with Gasteiger partial charge in [-0.15, -0.1) is 0 Å². The summed E-state index contributed by atoms with van der Waals surface area (Å²) in [6, 6.07) is 9.52. The Kier molecular flexibility index (Phi) is 12.2. The first-order valence-corrected chi connectivity index (χ1v) is 17.0. The van der Waals surface area contributed by atoms with Gasteiger partial charge in [0.15, 0.2) is 5.78 Å². The van der Waals surface area contributed by atoms with E-state index in [0.717, 1.165) is 17.7 Å². The first-order chi connectivity index (χ1) is 22.6. The summed E-state index contributed by atoms with van der Waals surface area (Å²) < 4.78 is 46.2. The Morgan fingerprint density at radius 2 is 1.88 bits per heavy atom. The molecule has 48 heavy (non-hydrogen) atoms. The molecule has 3 aliphatic carbocycles. The quantitative estimate of drug-likeness (QED) is 0.146. The summed E-state index contributed by atoms with van der Waals surface area (Å²) in [5, 5.41) is 26.5. The maximum Gasteiger partial charge on any atom is 0.416 e. The number of aliphatic hydroxyl groups excluding tert-OH is 1. The van der Waals surface area contributed by atoms with Crippen molar-refractivity contribution >= 4 is 11.8 Å². The Labute approximate surface area is 282 Å². The maximum absolute atomic E-state index is 14.2. The molecule has 4 atom stereocenters. The lowest BCUT2D eigenvalue weighted by atomic mass is 9.64. The van der Waals surface area contributed by atoms with Gasteiger partial charge in [-0.05, 0) is 107 Å². The minimum absolute atomic E-state index is 0.0755. The monoisotopic (exact) mass is 672 g/mol. The van der Waals surface area contributed by atoms with Crippen LogP contribution in [0.1, 0.15) is 111 Å². The molecule has 3 N–H and O–H groups in total. The normalized spacial score (nSPS) is 24.9. The molecule has 1 saturated carbocycles. The predicted octanol–water partition coefficient (Wildman–Crippen LogP) is 7.43. The van der Waals surface area contributed by atoms with E-state index < -0.39 is 34.6 Å². The van der Waals surface area contributed by atoms with Crippen molar-refractivity contribution in [1.29, 1.82) is 0 Å². The van der Waals surface area contributed by atoms with Gasteiger partial charge in [0.2, 0.25) is 0 Å². The van der Waals surface area contributed by atoms with Crippen LogP contribution < -0.4 is 5.32 Å². The van der Waals surface area contributed by atoms with Crippen LogP contribution in [0.3, 0.4) is 0 Å². The second-order valence-electron chi connectivity index (χ2n) is 14.2. The molecule has 0 heterocycles. The van der Waals surface area contributed by atoms with Crippen LogP contribution in [0.25, 0.3) is 0 Å². The Hall–Kier alpha value is -3.21. The van der Waals surface area contributed by atoms with Crippen molar-refractivity contribution in [2.24, 2.45) is 5.41 Å². The number of rotatable bonds is 9. The highest BCUT2D eigenvalue weighted by atomic mass is 19.4. The molecule has 2 bridgehead atoms. The number of methoxy groups -OCH3 is 1. The van der Waals surface area contributed by atoms with E-state index in [1.165, 1.54) is 12.1 Å². The summed E-state index contributed by atoms with van der Waals surface area (Å²) in [6.07, 6.45) is 1.02. The molecule has 5 rings (SSSR count). The Morgan fingerprint density at radius 3 is 2.56 bits per heavy atom. The molecule has 1 fully saturated rings. The minimum atomic E-state index is -4.61. The number of ether oxygens (including phenoxy) is 1. The van der Waals surface area contributed by atoms with Gasteiger partial charge in [-0.2, -0.15) is 13.2 Å². The number of carbonyl (C=O) groups excluding carboxylic acids is 2. The molecule has 10 heteroatoms. The largest absolute Gasteiger partial charge is 0.416 e. The maximum atomic E-state index is 14.2. The van der Waals surface area contributed by atoms with Crippen molar-refractivity contribution in [2.45, 2.75) is 109 Å². The van der Waals surface area contributed by atoms with Gasteiger partial charge in [-0.1, -0.05) is 42.8 Å². The second kappa shape index (κ2) is 15.6. The molecule has 2 aromatic carbocycles. The molecule has 2 amide bonds. The fraction of sp³-hybridized carbons (Fsp3) is 0.579. The number of carbonyl (C=O) groups is 2. The van der Waals surface area contributed by atoms with E-state index in [-0.39, 0.29) is 35.7 Å². The first-order valence-electron chi connectivity index (χ1n) is 17.0. The lowest BCUT2D eigenvalue weighted by Gasteiger charge is -2.46. The highest BCUT2D eigenvalue weighted by Gasteiger charge is 2.57. The van der Waals surface area contributed by atoms with E-state index >= 15 is 0 Å². The molecular formula is C38H51F3N2O5. The molecule has 0 aromatic heterocycles. The van der Waals surface area contributed by atoms with Crippen LogP contribution in [0.2, 0.25) is 0 Å². The first kappa shape index (κ1) is 37.6. The van der Waals surface area contributed by atoms with Gasteiger partial charge in [0, 0.05) is 42.8 Å². The third kappa shape index (κ3) is 8.68. The molecule has 7 nitrogen and oxygen atoms in total. The summed E-state index contributed by atoms with van der Waals surface area (Å²) in [5.41, 5.74) is -0.336. The number of nitrogens with one attached hydrogen (secondary N) is 1. The van der Waals surface area contributed by atoms with Gasteiger partial charge in [0.05, 0.1) is 23.8 Å². The van der Waals surface area contributed by atoms with Crippen molar-refractivity contribution in [3.8, 4) is 0 Å². The topological polar surface area (TPSA) is 99.1 Å². The molecule has 0 aliphatic heterocycles. The Balaban J connectivity index is 1.83. The molecule has 0 unspecified atom stereocenters. The highest BCUT2D eigenvalue weighted by molar-refractivity contribution is 6.10. The molecule has 0 radical (unpaired) electrons. The SMILES string of the molecule is COCCCN(C[C@]1(O)CC[C@H]2c3ccc(cc3C(=O)c3cccc(C(F)(F)F)c3)C[C@@H](O)CCC(C)=CCC[C@@]21C)C(=O)NC(C)C. The third-order valence-electron chi connectivity index (χ3n) is 10.3. The van der Waals surface area contributed by atoms with E-state index in [2.05, 4.69) is 11.4 Å². The van der Waals surface area contributed by atoms with Crippen molar-refractivity contribution in [3.05, 3.63) is 81.9 Å². The average molecular weight is 673 g/mol. The molecule has 2 aromatic rings. The number of amides is 2. The van der Waals surface area contributed by atoms with Gasteiger partial charge in [-0.3, -0.25) is 4.79 Å². The van der Waals surface area contributed by atoms with Crippen LogP contribution in [0.15, 0.2) is 54.1 Å². The molecule has 0 saturated heterocycles. The second-order valence-corrected chi connectivity index (χ2v) is 14.2. The zero-order valence-electron chi connectivity index (χ0n) is 28.8. The summed E-state index contributed by atoms with van der Waals surface area (Å²) in [7, 11) is 1.60. The number of hydrogen-bond donors (Lipinski definition) is 3. The molecule has 0 spiro atoms. The van der Waals surface area contributed by atoms with Crippen molar-refractivity contribution in [2.75, 3.05) is 26.8 Å².